The number of rotatable bonds is 8. The van der Waals surface area contributed by atoms with Crippen LogP contribution in [-0.4, -0.2) is 42.1 Å². The summed E-state index contributed by atoms with van der Waals surface area (Å²) in [5.74, 6) is -1.07. The Kier molecular flexibility index (Phi) is 11.3. The molecule has 0 fully saturated rings. The van der Waals surface area contributed by atoms with Gasteiger partial charge in [0.1, 0.15) is 6.10 Å². The molecule has 0 amide bonds. The smallest absolute Gasteiger partial charge is 0.252 e. The average Bonchev–Trinajstić information content (AvgIpc) is 2.14. The molecule has 6 heteroatoms. The third kappa shape index (κ3) is 5.84. The van der Waals surface area contributed by atoms with E-state index in [1.807, 2.05) is 20.8 Å². The summed E-state index contributed by atoms with van der Waals surface area (Å²) in [4.78, 5) is 0. The van der Waals surface area contributed by atoms with Gasteiger partial charge < -0.3 is 14.2 Å². The highest BCUT2D eigenvalue weighted by Gasteiger charge is 2.36. The summed E-state index contributed by atoms with van der Waals surface area (Å²) in [6.45, 7) is 7.44. The van der Waals surface area contributed by atoms with Gasteiger partial charge in [-0.15, -0.1) is 12.4 Å². The molecule has 0 radical (unpaired) electrons. The van der Waals surface area contributed by atoms with Crippen LogP contribution >= 0.6 is 12.4 Å². The molecule has 0 aromatic rings. The molecule has 1 unspecified atom stereocenters. The predicted octanol–water partition coefficient (Wildman–Crippen LogP) is 0.282. The first-order valence-corrected chi connectivity index (χ1v) is 6.74. The number of ether oxygens (including phenoxy) is 3. The second kappa shape index (κ2) is 9.56. The molecule has 0 aromatic heterocycles. The van der Waals surface area contributed by atoms with Crippen molar-refractivity contribution in [2.45, 2.75) is 38.8 Å². The topological polar surface area (TPSA) is 53.7 Å². The van der Waals surface area contributed by atoms with Crippen molar-refractivity contribution in [2.75, 3.05) is 19.8 Å². The molecule has 0 spiro atoms. The summed E-state index contributed by atoms with van der Waals surface area (Å²) >= 11 is 0. The van der Waals surface area contributed by atoms with Crippen molar-refractivity contribution < 1.29 is 14.2 Å². The van der Waals surface area contributed by atoms with E-state index in [-0.39, 0.29) is 18.5 Å². The molecule has 0 aliphatic heterocycles. The van der Waals surface area contributed by atoms with E-state index in [4.69, 9.17) is 19.9 Å². The zero-order chi connectivity index (χ0) is 11.0. The summed E-state index contributed by atoms with van der Waals surface area (Å²) in [6, 6.07) is 0.907. The van der Waals surface area contributed by atoms with Crippen molar-refractivity contribution in [2.24, 2.45) is 5.73 Å². The molecule has 2 N–H and O–H groups in total. The third-order valence-electron chi connectivity index (χ3n) is 1.93. The van der Waals surface area contributed by atoms with E-state index < -0.39 is 5.91 Å². The number of halogens is 1. The Morgan fingerprint density at radius 1 is 1.13 bits per heavy atom. The first kappa shape index (κ1) is 17.7. The molecule has 0 rings (SSSR count). The lowest BCUT2D eigenvalue weighted by molar-refractivity contribution is -0.281. The summed E-state index contributed by atoms with van der Waals surface area (Å²) in [5, 5.41) is 0. The summed E-state index contributed by atoms with van der Waals surface area (Å²) in [7, 11) is 1.02. The maximum atomic E-state index is 6.01. The van der Waals surface area contributed by atoms with Crippen LogP contribution in [0.1, 0.15) is 20.8 Å². The van der Waals surface area contributed by atoms with Gasteiger partial charge in [0.25, 0.3) is 5.91 Å². The lowest BCUT2D eigenvalue weighted by Gasteiger charge is -2.35. The van der Waals surface area contributed by atoms with E-state index in [1.165, 1.54) is 0 Å². The van der Waals surface area contributed by atoms with Crippen LogP contribution in [0.4, 0.5) is 0 Å². The molecule has 0 heterocycles. The zero-order valence-electron chi connectivity index (χ0n) is 10.1. The van der Waals surface area contributed by atoms with Gasteiger partial charge in [0.2, 0.25) is 0 Å². The lowest BCUT2D eigenvalue weighted by atomic mass is 10.3. The van der Waals surface area contributed by atoms with E-state index in [0.717, 1.165) is 16.3 Å². The minimum atomic E-state index is -1.07. The first-order chi connectivity index (χ1) is 6.64. The molecule has 1 atom stereocenters. The van der Waals surface area contributed by atoms with Gasteiger partial charge in [0.15, 0.2) is 0 Å². The van der Waals surface area contributed by atoms with E-state index in [9.17, 15) is 0 Å². The van der Waals surface area contributed by atoms with E-state index in [2.05, 4.69) is 0 Å². The maximum absolute atomic E-state index is 6.01. The fraction of sp³-hybridized carbons (Fsp3) is 1.00. The summed E-state index contributed by atoms with van der Waals surface area (Å²) in [6.07, 6.45) is -0.154. The Bertz CT molecular complexity index is 145. The quantitative estimate of drug-likeness (QED) is 0.502. The SMILES string of the molecule is CCOC(C[SiH3])C(N)(OCC)OCC.Cl. The Morgan fingerprint density at radius 2 is 1.60 bits per heavy atom. The fourth-order valence-electron chi connectivity index (χ4n) is 1.40. The fourth-order valence-corrected chi connectivity index (χ4v) is 2.20. The Balaban J connectivity index is 0. The molecule has 0 aliphatic rings. The van der Waals surface area contributed by atoms with Gasteiger partial charge in [-0.3, -0.25) is 5.73 Å². The van der Waals surface area contributed by atoms with Crippen molar-refractivity contribution in [3.05, 3.63) is 0 Å². The lowest BCUT2D eigenvalue weighted by Crippen LogP contribution is -2.56. The normalized spacial score (nSPS) is 13.6. The second-order valence-electron chi connectivity index (χ2n) is 2.94. The highest BCUT2D eigenvalue weighted by atomic mass is 35.5. The zero-order valence-corrected chi connectivity index (χ0v) is 12.9. The van der Waals surface area contributed by atoms with Crippen molar-refractivity contribution >= 4 is 22.6 Å². The molecular formula is C9H24ClNO3Si. The van der Waals surface area contributed by atoms with Crippen molar-refractivity contribution in [1.29, 1.82) is 0 Å². The summed E-state index contributed by atoms with van der Waals surface area (Å²) < 4.78 is 16.4. The Labute approximate surface area is 102 Å². The van der Waals surface area contributed by atoms with Gasteiger partial charge in [-0.1, -0.05) is 0 Å². The van der Waals surface area contributed by atoms with Gasteiger partial charge in [0, 0.05) is 30.1 Å². The van der Waals surface area contributed by atoms with Crippen molar-refractivity contribution in [1.82, 2.24) is 0 Å². The minimum absolute atomic E-state index is 0. The van der Waals surface area contributed by atoms with Crippen LogP contribution in [0.15, 0.2) is 0 Å². The molecule has 94 valence electrons. The molecule has 4 nitrogen and oxygen atoms in total. The second-order valence-corrected chi connectivity index (χ2v) is 3.76. The number of hydrogen-bond donors (Lipinski definition) is 1. The summed E-state index contributed by atoms with van der Waals surface area (Å²) in [5.41, 5.74) is 6.01. The van der Waals surface area contributed by atoms with Crippen LogP contribution < -0.4 is 5.73 Å². The Morgan fingerprint density at radius 3 is 1.87 bits per heavy atom. The number of nitrogens with two attached hydrogens (primary N) is 1. The van der Waals surface area contributed by atoms with Crippen LogP contribution in [0.3, 0.4) is 0 Å². The van der Waals surface area contributed by atoms with Crippen LogP contribution in [0.25, 0.3) is 0 Å². The van der Waals surface area contributed by atoms with Gasteiger partial charge in [0.05, 0.1) is 0 Å². The van der Waals surface area contributed by atoms with Gasteiger partial charge in [-0.05, 0) is 26.8 Å². The van der Waals surface area contributed by atoms with Crippen molar-refractivity contribution in [3.8, 4) is 0 Å². The van der Waals surface area contributed by atoms with Crippen molar-refractivity contribution in [3.63, 3.8) is 0 Å². The van der Waals surface area contributed by atoms with Crippen LogP contribution in [0.2, 0.25) is 6.04 Å². The molecule has 0 saturated carbocycles. The highest BCUT2D eigenvalue weighted by molar-refractivity contribution is 6.08. The molecular weight excluding hydrogens is 234 g/mol. The number of hydrogen-bond acceptors (Lipinski definition) is 4. The van der Waals surface area contributed by atoms with Gasteiger partial charge >= 0.3 is 0 Å². The molecule has 0 bridgehead atoms. The van der Waals surface area contributed by atoms with E-state index in [0.29, 0.717) is 19.8 Å². The standard InChI is InChI=1S/C9H23NO3Si.ClH/c1-4-11-8(7-14)9(10,12-5-2)13-6-3;/h8H,4-7,10H2,1-3,14H3;1H. The average molecular weight is 258 g/mol. The minimum Gasteiger partial charge on any atom is -0.372 e. The monoisotopic (exact) mass is 257 g/mol. The van der Waals surface area contributed by atoms with Crippen LogP contribution in [0, 0.1) is 0 Å². The predicted molar refractivity (Wildman–Crippen MR) is 67.6 cm³/mol. The van der Waals surface area contributed by atoms with Gasteiger partial charge in [-0.25, -0.2) is 0 Å². The largest absolute Gasteiger partial charge is 0.372 e. The highest BCUT2D eigenvalue weighted by Crippen LogP contribution is 2.17. The first-order valence-electron chi connectivity index (χ1n) is 5.32. The Hall–Kier alpha value is 0.347. The van der Waals surface area contributed by atoms with Crippen LogP contribution in [0.5, 0.6) is 0 Å². The molecule has 0 aliphatic carbocycles. The third-order valence-corrected chi connectivity index (χ3v) is 2.67. The molecule has 0 aromatic carbocycles. The maximum Gasteiger partial charge on any atom is 0.252 e. The van der Waals surface area contributed by atoms with E-state index >= 15 is 0 Å². The molecule has 0 saturated heterocycles. The van der Waals surface area contributed by atoms with Gasteiger partial charge in [-0.2, -0.15) is 0 Å². The van der Waals surface area contributed by atoms with E-state index in [1.54, 1.807) is 0 Å². The molecule has 15 heavy (non-hydrogen) atoms. The van der Waals surface area contributed by atoms with Crippen LogP contribution in [-0.2, 0) is 14.2 Å².